The fourth-order valence-electron chi connectivity index (χ4n) is 3.61. The Morgan fingerprint density at radius 3 is 1.72 bits per heavy atom. The fourth-order valence-corrected chi connectivity index (χ4v) is 5.61. The first-order valence-electron chi connectivity index (χ1n) is 8.45. The van der Waals surface area contributed by atoms with Crippen LogP contribution in [0, 0.1) is 0 Å². The third-order valence-corrected chi connectivity index (χ3v) is 6.77. The molecule has 0 radical (unpaired) electrons. The van der Waals surface area contributed by atoms with E-state index >= 15 is 0 Å². The van der Waals surface area contributed by atoms with E-state index in [0.717, 1.165) is 0 Å². The van der Waals surface area contributed by atoms with Crippen LogP contribution in [0.3, 0.4) is 0 Å². The molecular formula is C24H16Se. The van der Waals surface area contributed by atoms with E-state index in [2.05, 4.69) is 95.9 Å². The molecule has 0 saturated carbocycles. The number of rotatable bonds is 2. The van der Waals surface area contributed by atoms with Crippen LogP contribution in [0.4, 0.5) is 0 Å². The molecule has 5 aromatic rings. The Bertz CT molecular complexity index is 1090. The molecule has 0 aliphatic heterocycles. The van der Waals surface area contributed by atoms with Gasteiger partial charge in [-0.1, -0.05) is 0 Å². The van der Waals surface area contributed by atoms with Gasteiger partial charge in [0, 0.05) is 0 Å². The minimum atomic E-state index is 0.371. The quantitative estimate of drug-likeness (QED) is 0.310. The zero-order valence-electron chi connectivity index (χ0n) is 13.6. The summed E-state index contributed by atoms with van der Waals surface area (Å²) in [7, 11) is 0. The average Bonchev–Trinajstić information content (AvgIpc) is 3.16. The summed E-state index contributed by atoms with van der Waals surface area (Å²) in [6.45, 7) is 0. The topological polar surface area (TPSA) is 0 Å². The van der Waals surface area contributed by atoms with Crippen LogP contribution in [0.5, 0.6) is 0 Å². The van der Waals surface area contributed by atoms with E-state index in [4.69, 9.17) is 0 Å². The van der Waals surface area contributed by atoms with Crippen molar-refractivity contribution in [3.8, 4) is 21.1 Å². The van der Waals surface area contributed by atoms with Crippen molar-refractivity contribution in [2.24, 2.45) is 0 Å². The second kappa shape index (κ2) is 6.04. The van der Waals surface area contributed by atoms with Crippen molar-refractivity contribution < 1.29 is 0 Å². The number of benzene rings is 4. The van der Waals surface area contributed by atoms with Crippen molar-refractivity contribution in [2.75, 3.05) is 0 Å². The van der Waals surface area contributed by atoms with E-state index in [1.54, 1.807) is 0 Å². The molecule has 0 amide bonds. The van der Waals surface area contributed by atoms with Crippen LogP contribution < -0.4 is 0 Å². The van der Waals surface area contributed by atoms with Crippen molar-refractivity contribution in [3.63, 3.8) is 0 Å². The molecule has 0 aliphatic rings. The maximum absolute atomic E-state index is 2.35. The standard InChI is InChI=1S/C24H16Se/c1-3-11-19-17(7-1)9-5-13-21(19)23-15-16-25-24(23)22-14-6-10-18-8-2-4-12-20(18)22/h1-16H. The van der Waals surface area contributed by atoms with Crippen molar-refractivity contribution in [2.45, 2.75) is 0 Å². The normalized spacial score (nSPS) is 11.2. The number of fused-ring (bicyclic) bond motifs is 2. The van der Waals surface area contributed by atoms with Crippen molar-refractivity contribution in [1.82, 2.24) is 0 Å². The first-order valence-corrected chi connectivity index (χ1v) is 10.3. The molecule has 0 unspecified atom stereocenters. The monoisotopic (exact) mass is 384 g/mol. The molecule has 1 heterocycles. The van der Waals surface area contributed by atoms with Gasteiger partial charge in [-0.25, -0.2) is 0 Å². The van der Waals surface area contributed by atoms with E-state index in [9.17, 15) is 0 Å². The molecule has 1 aromatic heterocycles. The van der Waals surface area contributed by atoms with E-state index in [-0.39, 0.29) is 0 Å². The maximum atomic E-state index is 2.35. The molecule has 4 aromatic carbocycles. The van der Waals surface area contributed by atoms with Gasteiger partial charge in [-0.2, -0.15) is 0 Å². The molecule has 0 aliphatic carbocycles. The van der Waals surface area contributed by atoms with Crippen LogP contribution in [-0.4, -0.2) is 14.5 Å². The Morgan fingerprint density at radius 1 is 0.440 bits per heavy atom. The van der Waals surface area contributed by atoms with E-state index in [0.29, 0.717) is 14.5 Å². The molecule has 5 rings (SSSR count). The molecule has 0 bridgehead atoms. The van der Waals surface area contributed by atoms with Crippen LogP contribution in [0.1, 0.15) is 0 Å². The predicted molar refractivity (Wildman–Crippen MR) is 109 cm³/mol. The Hall–Kier alpha value is -2.60. The second-order valence-electron chi connectivity index (χ2n) is 6.22. The van der Waals surface area contributed by atoms with Crippen molar-refractivity contribution in [1.29, 1.82) is 0 Å². The van der Waals surface area contributed by atoms with Crippen molar-refractivity contribution in [3.05, 3.63) is 95.9 Å². The summed E-state index contributed by atoms with van der Waals surface area (Å²) in [6.07, 6.45) is 0. The minimum absolute atomic E-state index is 0.371. The molecule has 118 valence electrons. The Kier molecular flexibility index (Phi) is 3.56. The molecule has 1 heteroatoms. The molecule has 0 spiro atoms. The first kappa shape index (κ1) is 14.7. The van der Waals surface area contributed by atoms with E-state index in [1.165, 1.54) is 42.7 Å². The van der Waals surface area contributed by atoms with Crippen LogP contribution in [0.2, 0.25) is 0 Å². The van der Waals surface area contributed by atoms with E-state index in [1.807, 2.05) is 0 Å². The van der Waals surface area contributed by atoms with Gasteiger partial charge in [0.15, 0.2) is 0 Å². The summed E-state index contributed by atoms with van der Waals surface area (Å²) < 4.78 is 1.49. The summed E-state index contributed by atoms with van der Waals surface area (Å²) >= 11 is 0.371. The summed E-state index contributed by atoms with van der Waals surface area (Å²) in [6, 6.07) is 33.0. The van der Waals surface area contributed by atoms with Crippen LogP contribution >= 0.6 is 0 Å². The Labute approximate surface area is 153 Å². The summed E-state index contributed by atoms with van der Waals surface area (Å²) in [5.41, 5.74) is 4.11. The van der Waals surface area contributed by atoms with Crippen LogP contribution in [-0.2, 0) is 0 Å². The van der Waals surface area contributed by atoms with Crippen LogP contribution in [0.15, 0.2) is 95.9 Å². The van der Waals surface area contributed by atoms with Gasteiger partial charge in [-0.05, 0) is 0 Å². The molecule has 0 N–H and O–H groups in total. The van der Waals surface area contributed by atoms with Gasteiger partial charge >= 0.3 is 153 Å². The second-order valence-corrected chi connectivity index (χ2v) is 8.14. The number of hydrogen-bond donors (Lipinski definition) is 0. The van der Waals surface area contributed by atoms with Gasteiger partial charge in [0.05, 0.1) is 0 Å². The third-order valence-electron chi connectivity index (χ3n) is 4.78. The Morgan fingerprint density at radius 2 is 1.00 bits per heavy atom. The zero-order valence-corrected chi connectivity index (χ0v) is 15.4. The molecule has 0 atom stereocenters. The summed E-state index contributed by atoms with van der Waals surface area (Å²) in [5, 5.41) is 5.30. The molecule has 0 nitrogen and oxygen atoms in total. The van der Waals surface area contributed by atoms with Crippen LogP contribution in [0.25, 0.3) is 42.7 Å². The molecular weight excluding hydrogens is 367 g/mol. The first-order chi connectivity index (χ1) is 12.4. The molecule has 0 fully saturated rings. The summed E-state index contributed by atoms with van der Waals surface area (Å²) in [5.74, 6) is 0. The predicted octanol–water partition coefficient (Wildman–Crippen LogP) is 6.38. The van der Waals surface area contributed by atoms with Gasteiger partial charge in [0.2, 0.25) is 0 Å². The van der Waals surface area contributed by atoms with Gasteiger partial charge in [-0.15, -0.1) is 0 Å². The molecule has 0 saturated heterocycles. The summed E-state index contributed by atoms with van der Waals surface area (Å²) in [4.78, 5) is 2.35. The zero-order chi connectivity index (χ0) is 16.6. The fraction of sp³-hybridized carbons (Fsp3) is 0. The molecule has 25 heavy (non-hydrogen) atoms. The van der Waals surface area contributed by atoms with Gasteiger partial charge < -0.3 is 0 Å². The van der Waals surface area contributed by atoms with Gasteiger partial charge in [-0.3, -0.25) is 0 Å². The van der Waals surface area contributed by atoms with Gasteiger partial charge in [0.1, 0.15) is 0 Å². The van der Waals surface area contributed by atoms with Gasteiger partial charge in [0.25, 0.3) is 0 Å². The third kappa shape index (κ3) is 2.44. The van der Waals surface area contributed by atoms with E-state index < -0.39 is 0 Å². The Balaban J connectivity index is 1.80. The number of hydrogen-bond acceptors (Lipinski definition) is 0. The van der Waals surface area contributed by atoms with Crippen molar-refractivity contribution >= 4 is 36.0 Å². The SMILES string of the molecule is c1ccc2c(-c3cc[se]c3-c3cccc4ccccc34)cccc2c1. The average molecular weight is 383 g/mol.